The van der Waals surface area contributed by atoms with Gasteiger partial charge in [-0.3, -0.25) is 0 Å². The summed E-state index contributed by atoms with van der Waals surface area (Å²) < 4.78 is 1.28. The van der Waals surface area contributed by atoms with E-state index in [-0.39, 0.29) is 0 Å². The van der Waals surface area contributed by atoms with Crippen LogP contribution in [0.5, 0.6) is 0 Å². The number of carbonyl (C=O) groups excluding carboxylic acids is 1. The van der Waals surface area contributed by atoms with Crippen molar-refractivity contribution in [2.75, 3.05) is 0 Å². The summed E-state index contributed by atoms with van der Waals surface area (Å²) in [5.41, 5.74) is 1.39. The van der Waals surface area contributed by atoms with Crippen LogP contribution in [0.2, 0.25) is 14.8 Å². The van der Waals surface area contributed by atoms with Crippen molar-refractivity contribution in [2.45, 2.75) is 34.6 Å². The van der Waals surface area contributed by atoms with E-state index in [1.165, 1.54) is 9.16 Å². The summed E-state index contributed by atoms with van der Waals surface area (Å²) in [6.45, 7) is 2.13. The van der Waals surface area contributed by atoms with Crippen molar-refractivity contribution >= 4 is 24.2 Å². The summed E-state index contributed by atoms with van der Waals surface area (Å²) in [5, 5.41) is 0. The molecule has 1 aliphatic rings. The van der Waals surface area contributed by atoms with E-state index >= 15 is 0 Å². The molecule has 0 saturated carbocycles. The van der Waals surface area contributed by atoms with E-state index in [1.807, 2.05) is 0 Å². The molecule has 1 rings (SSSR count). The molecule has 0 N–H and O–H groups in total. The minimum absolute atomic E-state index is 0.450. The molecular weight excluding hydrogens is 243 g/mol. The Kier molecular flexibility index (Phi) is 2.47. The molecule has 0 heterocycles. The SMILES string of the molecule is CC1=[C]([Sn]([CH3])([CH3])[CH3])C(=O)CC1. The number of allylic oxidation sites excluding steroid dienone is 2. The Morgan fingerprint density at radius 2 is 1.73 bits per heavy atom. The van der Waals surface area contributed by atoms with Crippen molar-refractivity contribution in [3.05, 3.63) is 9.16 Å². The zero-order valence-corrected chi connectivity index (χ0v) is 10.7. The van der Waals surface area contributed by atoms with Gasteiger partial charge in [0, 0.05) is 0 Å². The van der Waals surface area contributed by atoms with Gasteiger partial charge in [0.1, 0.15) is 0 Å². The molecule has 0 aliphatic heterocycles. The molecule has 0 aromatic rings. The van der Waals surface area contributed by atoms with E-state index < -0.39 is 18.4 Å². The average Bonchev–Trinajstić information content (AvgIpc) is 2.08. The zero-order valence-electron chi connectivity index (χ0n) is 7.82. The van der Waals surface area contributed by atoms with E-state index in [0.29, 0.717) is 5.78 Å². The zero-order chi connectivity index (χ0) is 8.65. The van der Waals surface area contributed by atoms with Gasteiger partial charge in [-0.05, 0) is 0 Å². The summed E-state index contributed by atoms with van der Waals surface area (Å²) in [6.07, 6.45) is 1.82. The second kappa shape index (κ2) is 2.92. The van der Waals surface area contributed by atoms with Crippen LogP contribution in [0.15, 0.2) is 9.16 Å². The molecule has 0 aromatic carbocycles. The van der Waals surface area contributed by atoms with E-state index in [1.54, 1.807) is 0 Å². The molecule has 0 amide bonds. The van der Waals surface area contributed by atoms with Crippen molar-refractivity contribution in [1.29, 1.82) is 0 Å². The van der Waals surface area contributed by atoms with Crippen molar-refractivity contribution in [2.24, 2.45) is 0 Å². The molecular formula is C9H16OSn. The molecule has 0 unspecified atom stereocenters. The maximum absolute atomic E-state index is 11.4. The summed E-state index contributed by atoms with van der Waals surface area (Å²) in [4.78, 5) is 18.4. The third-order valence-electron chi connectivity index (χ3n) is 2.18. The van der Waals surface area contributed by atoms with Crippen molar-refractivity contribution in [3.8, 4) is 0 Å². The van der Waals surface area contributed by atoms with Crippen LogP contribution >= 0.6 is 0 Å². The first-order valence-corrected chi connectivity index (χ1v) is 14.2. The molecule has 0 bridgehead atoms. The van der Waals surface area contributed by atoms with E-state index in [2.05, 4.69) is 21.7 Å². The Hall–Kier alpha value is 0.209. The predicted molar refractivity (Wildman–Crippen MR) is 50.3 cm³/mol. The van der Waals surface area contributed by atoms with Gasteiger partial charge in [0.15, 0.2) is 0 Å². The molecule has 11 heavy (non-hydrogen) atoms. The molecule has 0 saturated heterocycles. The van der Waals surface area contributed by atoms with Gasteiger partial charge in [-0.1, -0.05) is 0 Å². The third-order valence-corrected chi connectivity index (χ3v) is 8.48. The molecule has 0 fully saturated rings. The number of carbonyl (C=O) groups is 1. The van der Waals surface area contributed by atoms with Crippen molar-refractivity contribution in [3.63, 3.8) is 0 Å². The van der Waals surface area contributed by atoms with E-state index in [9.17, 15) is 4.79 Å². The molecule has 0 aromatic heterocycles. The summed E-state index contributed by atoms with van der Waals surface area (Å²) in [7, 11) is 0. The van der Waals surface area contributed by atoms with Gasteiger partial charge in [-0.2, -0.15) is 0 Å². The Balaban J connectivity index is 3.02. The molecule has 0 radical (unpaired) electrons. The fraction of sp³-hybridized carbons (Fsp3) is 0.667. The Bertz CT molecular complexity index is 220. The Labute approximate surface area is 72.7 Å². The number of ketones is 1. The maximum atomic E-state index is 11.4. The number of Topliss-reactive ketones (excluding diaryl/α,β-unsaturated/α-hetero) is 1. The number of hydrogen-bond donors (Lipinski definition) is 0. The first-order valence-electron chi connectivity index (χ1n) is 4.16. The first-order chi connectivity index (χ1) is 4.93. The summed E-state index contributed by atoms with van der Waals surface area (Å²) >= 11 is -2.02. The van der Waals surface area contributed by atoms with Gasteiger partial charge in [0.2, 0.25) is 0 Å². The van der Waals surface area contributed by atoms with Gasteiger partial charge in [-0.25, -0.2) is 0 Å². The quantitative estimate of drug-likeness (QED) is 0.661. The van der Waals surface area contributed by atoms with Crippen LogP contribution in [0.25, 0.3) is 0 Å². The normalized spacial score (nSPS) is 19.8. The molecule has 1 aliphatic carbocycles. The van der Waals surface area contributed by atoms with Crippen LogP contribution in [0.4, 0.5) is 0 Å². The van der Waals surface area contributed by atoms with Crippen LogP contribution in [-0.2, 0) is 4.79 Å². The monoisotopic (exact) mass is 260 g/mol. The molecule has 1 nitrogen and oxygen atoms in total. The molecule has 0 spiro atoms. The van der Waals surface area contributed by atoms with Gasteiger partial charge in [0.25, 0.3) is 0 Å². The molecule has 2 heteroatoms. The topological polar surface area (TPSA) is 17.1 Å². The Morgan fingerprint density at radius 1 is 1.18 bits per heavy atom. The second-order valence-electron chi connectivity index (χ2n) is 4.33. The standard InChI is InChI=1S/C6H7O.3CH3.Sn/c1-5-2-3-6(7)4-5;;;;/h2-3H2,1H3;3*1H3;. The van der Waals surface area contributed by atoms with E-state index in [0.717, 1.165) is 12.8 Å². The van der Waals surface area contributed by atoms with Crippen molar-refractivity contribution in [1.82, 2.24) is 0 Å². The van der Waals surface area contributed by atoms with Crippen LogP contribution in [0.3, 0.4) is 0 Å². The minimum atomic E-state index is -2.02. The molecule has 0 atom stereocenters. The number of hydrogen-bond acceptors (Lipinski definition) is 1. The fourth-order valence-electron chi connectivity index (χ4n) is 1.85. The predicted octanol–water partition coefficient (Wildman–Crippen LogP) is 2.54. The number of rotatable bonds is 1. The van der Waals surface area contributed by atoms with Gasteiger partial charge >= 0.3 is 72.7 Å². The van der Waals surface area contributed by atoms with E-state index in [4.69, 9.17) is 0 Å². The average molecular weight is 259 g/mol. The van der Waals surface area contributed by atoms with Gasteiger partial charge < -0.3 is 0 Å². The summed E-state index contributed by atoms with van der Waals surface area (Å²) in [6, 6.07) is 0. The van der Waals surface area contributed by atoms with Crippen LogP contribution in [-0.4, -0.2) is 24.2 Å². The molecule has 62 valence electrons. The first kappa shape index (κ1) is 9.30. The van der Waals surface area contributed by atoms with Crippen molar-refractivity contribution < 1.29 is 4.79 Å². The summed E-state index contributed by atoms with van der Waals surface area (Å²) in [5.74, 6) is 0.450. The third kappa shape index (κ3) is 1.86. The van der Waals surface area contributed by atoms with Crippen LogP contribution < -0.4 is 0 Å². The van der Waals surface area contributed by atoms with Gasteiger partial charge in [-0.15, -0.1) is 0 Å². The Morgan fingerprint density at radius 3 is 1.91 bits per heavy atom. The second-order valence-corrected chi connectivity index (χ2v) is 18.6. The van der Waals surface area contributed by atoms with Gasteiger partial charge in [0.05, 0.1) is 0 Å². The van der Waals surface area contributed by atoms with Crippen LogP contribution in [0, 0.1) is 0 Å². The van der Waals surface area contributed by atoms with Crippen LogP contribution in [0.1, 0.15) is 19.8 Å². The fourth-order valence-corrected chi connectivity index (χ4v) is 8.60.